The predicted molar refractivity (Wildman–Crippen MR) is 61.4 cm³/mol. The summed E-state index contributed by atoms with van der Waals surface area (Å²) in [6.45, 7) is 1.73. The van der Waals surface area contributed by atoms with E-state index in [4.69, 9.17) is 5.73 Å². The number of likely N-dealkylation sites (N-methyl/N-ethyl adjacent to an activating group) is 1. The van der Waals surface area contributed by atoms with E-state index >= 15 is 0 Å². The Kier molecular flexibility index (Phi) is 3.71. The molecule has 1 heterocycles. The van der Waals surface area contributed by atoms with Crippen LogP contribution in [0.3, 0.4) is 0 Å². The Morgan fingerprint density at radius 3 is 2.64 bits per heavy atom. The van der Waals surface area contributed by atoms with Crippen molar-refractivity contribution in [2.75, 3.05) is 26.4 Å². The minimum Gasteiger partial charge on any atom is -0.394 e. The molecule has 14 heavy (non-hydrogen) atoms. The largest absolute Gasteiger partial charge is 0.394 e. The summed E-state index contributed by atoms with van der Waals surface area (Å²) in [5, 5.41) is 0. The van der Waals surface area contributed by atoms with Crippen molar-refractivity contribution in [1.82, 2.24) is 9.47 Å². The molecule has 0 bridgehead atoms. The van der Waals surface area contributed by atoms with Gasteiger partial charge in [0.05, 0.1) is 10.2 Å². The third-order valence-electron chi connectivity index (χ3n) is 1.87. The molecule has 0 amide bonds. The molecule has 0 aliphatic heterocycles. The topological polar surface area (TPSA) is 51.3 Å². The molecular weight excluding hydrogens is 246 g/mol. The maximum Gasteiger partial charge on any atom is 0.218 e. The summed E-state index contributed by atoms with van der Waals surface area (Å²) in [4.78, 5) is 13.3. The molecular formula is C9H14BrN3O. The van der Waals surface area contributed by atoms with E-state index < -0.39 is 0 Å². The number of hydrogen-bond acceptors (Lipinski definition) is 3. The average molecular weight is 260 g/mol. The first-order chi connectivity index (χ1) is 6.50. The van der Waals surface area contributed by atoms with Gasteiger partial charge in [0.25, 0.3) is 0 Å². The van der Waals surface area contributed by atoms with Crippen molar-refractivity contribution in [3.8, 4) is 0 Å². The van der Waals surface area contributed by atoms with E-state index in [1.54, 1.807) is 12.4 Å². The first kappa shape index (κ1) is 11.3. The molecule has 78 valence electrons. The van der Waals surface area contributed by atoms with E-state index in [2.05, 4.69) is 20.8 Å². The number of anilines is 1. The van der Waals surface area contributed by atoms with Crippen molar-refractivity contribution in [3.05, 3.63) is 27.1 Å². The summed E-state index contributed by atoms with van der Waals surface area (Å²) in [5.74, 6) is 0. The normalized spacial score (nSPS) is 10.9. The van der Waals surface area contributed by atoms with E-state index in [1.807, 2.05) is 18.7 Å². The Bertz CT molecular complexity index is 347. The molecule has 0 atom stereocenters. The Morgan fingerprint density at radius 1 is 1.50 bits per heavy atom. The molecule has 4 nitrogen and oxygen atoms in total. The summed E-state index contributed by atoms with van der Waals surface area (Å²) < 4.78 is 2.41. The third kappa shape index (κ3) is 2.85. The lowest BCUT2D eigenvalue weighted by Gasteiger charge is -2.12. The van der Waals surface area contributed by atoms with Crippen LogP contribution in [0.1, 0.15) is 0 Å². The lowest BCUT2D eigenvalue weighted by atomic mass is 10.4. The molecule has 0 aromatic carbocycles. The molecule has 0 saturated heterocycles. The highest BCUT2D eigenvalue weighted by Gasteiger charge is 2.01. The molecule has 2 N–H and O–H groups in total. The van der Waals surface area contributed by atoms with Gasteiger partial charge in [0.15, 0.2) is 0 Å². The smallest absolute Gasteiger partial charge is 0.218 e. The number of nitrogens with two attached hydrogens (primary N) is 1. The van der Waals surface area contributed by atoms with E-state index in [-0.39, 0.29) is 11.1 Å². The zero-order valence-electron chi connectivity index (χ0n) is 8.33. The molecule has 0 saturated carbocycles. The molecule has 0 aliphatic rings. The highest BCUT2D eigenvalue weighted by Crippen LogP contribution is 2.05. The van der Waals surface area contributed by atoms with Crippen molar-refractivity contribution >= 4 is 21.6 Å². The van der Waals surface area contributed by atoms with Crippen molar-refractivity contribution in [2.45, 2.75) is 6.54 Å². The van der Waals surface area contributed by atoms with Gasteiger partial charge in [-0.3, -0.25) is 4.79 Å². The van der Waals surface area contributed by atoms with Gasteiger partial charge in [-0.2, -0.15) is 0 Å². The fraction of sp³-hybridized carbons (Fsp3) is 0.444. The van der Waals surface area contributed by atoms with Gasteiger partial charge in [-0.05, 0) is 30.0 Å². The lowest BCUT2D eigenvalue weighted by Crippen LogP contribution is -2.20. The fourth-order valence-corrected chi connectivity index (χ4v) is 1.55. The highest BCUT2D eigenvalue weighted by molar-refractivity contribution is 9.10. The van der Waals surface area contributed by atoms with E-state index in [0.29, 0.717) is 4.47 Å². The van der Waals surface area contributed by atoms with E-state index in [0.717, 1.165) is 13.1 Å². The Labute approximate surface area is 91.4 Å². The minimum atomic E-state index is -0.147. The molecule has 0 spiro atoms. The highest BCUT2D eigenvalue weighted by atomic mass is 79.9. The summed E-state index contributed by atoms with van der Waals surface area (Å²) in [6.07, 6.45) is 3.42. The van der Waals surface area contributed by atoms with Gasteiger partial charge in [0.2, 0.25) is 5.43 Å². The molecule has 0 aliphatic carbocycles. The second-order valence-electron chi connectivity index (χ2n) is 3.43. The summed E-state index contributed by atoms with van der Waals surface area (Å²) in [7, 11) is 4.00. The summed E-state index contributed by atoms with van der Waals surface area (Å²) >= 11 is 3.18. The second kappa shape index (κ2) is 4.61. The Balaban J connectivity index is 2.85. The zero-order valence-corrected chi connectivity index (χ0v) is 9.91. The van der Waals surface area contributed by atoms with Crippen LogP contribution in [-0.4, -0.2) is 30.1 Å². The molecule has 0 fully saturated rings. The quantitative estimate of drug-likeness (QED) is 0.872. The number of nitrogen functional groups attached to an aromatic ring is 1. The van der Waals surface area contributed by atoms with Crippen LogP contribution in [0, 0.1) is 0 Å². The van der Waals surface area contributed by atoms with Gasteiger partial charge in [-0.15, -0.1) is 0 Å². The van der Waals surface area contributed by atoms with Gasteiger partial charge >= 0.3 is 0 Å². The average Bonchev–Trinajstić information content (AvgIpc) is 2.10. The van der Waals surface area contributed by atoms with Crippen LogP contribution in [0.4, 0.5) is 5.69 Å². The number of rotatable bonds is 3. The molecule has 1 rings (SSSR count). The minimum absolute atomic E-state index is 0.147. The first-order valence-electron chi connectivity index (χ1n) is 4.30. The first-order valence-corrected chi connectivity index (χ1v) is 5.10. The van der Waals surface area contributed by atoms with Crippen LogP contribution in [0.15, 0.2) is 21.7 Å². The van der Waals surface area contributed by atoms with Crippen LogP contribution >= 0.6 is 15.9 Å². The van der Waals surface area contributed by atoms with Crippen LogP contribution < -0.4 is 11.2 Å². The summed E-state index contributed by atoms with van der Waals surface area (Å²) in [6, 6.07) is 0. The van der Waals surface area contributed by atoms with Crippen LogP contribution in [0.5, 0.6) is 0 Å². The molecule has 1 aromatic rings. The number of aromatic nitrogens is 1. The maximum absolute atomic E-state index is 11.3. The van der Waals surface area contributed by atoms with Crippen molar-refractivity contribution in [3.63, 3.8) is 0 Å². The zero-order chi connectivity index (χ0) is 10.7. The Morgan fingerprint density at radius 2 is 2.14 bits per heavy atom. The van der Waals surface area contributed by atoms with Crippen molar-refractivity contribution in [2.24, 2.45) is 0 Å². The third-order valence-corrected chi connectivity index (χ3v) is 2.43. The number of pyridine rings is 1. The fourth-order valence-electron chi connectivity index (χ4n) is 1.06. The van der Waals surface area contributed by atoms with Gasteiger partial charge in [0.1, 0.15) is 0 Å². The van der Waals surface area contributed by atoms with Gasteiger partial charge < -0.3 is 15.2 Å². The van der Waals surface area contributed by atoms with Gasteiger partial charge in [0, 0.05) is 25.5 Å². The molecule has 0 radical (unpaired) electrons. The standard InChI is InChI=1S/C9H14BrN3O/c1-12(2)3-4-13-5-7(10)9(14)8(11)6-13/h5-6H,3-4,11H2,1-2H3. The molecule has 5 heteroatoms. The maximum atomic E-state index is 11.3. The van der Waals surface area contributed by atoms with E-state index in [9.17, 15) is 4.79 Å². The molecule has 0 unspecified atom stereocenters. The number of hydrogen-bond donors (Lipinski definition) is 1. The van der Waals surface area contributed by atoms with Crippen molar-refractivity contribution in [1.29, 1.82) is 0 Å². The van der Waals surface area contributed by atoms with Crippen LogP contribution in [-0.2, 0) is 6.54 Å². The van der Waals surface area contributed by atoms with Crippen molar-refractivity contribution < 1.29 is 0 Å². The van der Waals surface area contributed by atoms with Gasteiger partial charge in [-0.1, -0.05) is 0 Å². The lowest BCUT2D eigenvalue weighted by molar-refractivity contribution is 0.383. The van der Waals surface area contributed by atoms with E-state index in [1.165, 1.54) is 0 Å². The monoisotopic (exact) mass is 259 g/mol. The van der Waals surface area contributed by atoms with Gasteiger partial charge in [-0.25, -0.2) is 0 Å². The number of nitrogens with zero attached hydrogens (tertiary/aromatic N) is 2. The SMILES string of the molecule is CN(C)CCn1cc(N)c(=O)c(Br)c1. The second-order valence-corrected chi connectivity index (χ2v) is 4.29. The Hall–Kier alpha value is -0.810. The summed E-state index contributed by atoms with van der Waals surface area (Å²) in [5.41, 5.74) is 5.68. The van der Waals surface area contributed by atoms with Crippen LogP contribution in [0.25, 0.3) is 0 Å². The number of halogens is 1. The van der Waals surface area contributed by atoms with Crippen LogP contribution in [0.2, 0.25) is 0 Å². The molecule has 1 aromatic heterocycles. The predicted octanol–water partition coefficient (Wildman–Crippen LogP) is 0.755.